The Kier molecular flexibility index (Phi) is 5.62. The second-order valence-corrected chi connectivity index (χ2v) is 8.48. The fourth-order valence-electron chi connectivity index (χ4n) is 4.53. The molecule has 5 heteroatoms. The number of carboxylic acid groups (broad SMARTS) is 1. The van der Waals surface area contributed by atoms with Crippen LogP contribution in [0.2, 0.25) is 0 Å². The van der Waals surface area contributed by atoms with Crippen LogP contribution in [0.3, 0.4) is 0 Å². The van der Waals surface area contributed by atoms with Crippen molar-refractivity contribution < 1.29 is 14.7 Å². The van der Waals surface area contributed by atoms with Gasteiger partial charge in [0.15, 0.2) is 0 Å². The van der Waals surface area contributed by atoms with Gasteiger partial charge in [-0.15, -0.1) is 0 Å². The molecule has 0 saturated heterocycles. The number of anilines is 1. The third kappa shape index (κ3) is 3.97. The molecule has 2 aliphatic rings. The molecule has 30 heavy (non-hydrogen) atoms. The van der Waals surface area contributed by atoms with Crippen LogP contribution in [0.15, 0.2) is 54.6 Å². The van der Waals surface area contributed by atoms with Gasteiger partial charge in [0.05, 0.1) is 6.04 Å². The highest BCUT2D eigenvalue weighted by Crippen LogP contribution is 2.50. The summed E-state index contributed by atoms with van der Waals surface area (Å²) in [6.07, 6.45) is 5.28. The van der Waals surface area contributed by atoms with Crippen molar-refractivity contribution in [2.45, 2.75) is 44.6 Å². The summed E-state index contributed by atoms with van der Waals surface area (Å²) in [5, 5.41) is 16.9. The molecular weight excluding hydrogens is 376 g/mol. The number of carbonyl (C=O) groups is 2. The average Bonchev–Trinajstić information content (AvgIpc) is 3.23. The molecule has 3 atom stereocenters. The SMILES string of the molecule is CC(C)c1ccc([C@@H]2Nc3ccc(C(=O)NCCC(=O)[O-])cc3[C@H]3C=CC[C@@H]32)cc1. The van der Waals surface area contributed by atoms with Crippen LogP contribution in [-0.2, 0) is 4.79 Å². The van der Waals surface area contributed by atoms with E-state index in [1.165, 1.54) is 11.1 Å². The van der Waals surface area contributed by atoms with E-state index in [4.69, 9.17) is 0 Å². The summed E-state index contributed by atoms with van der Waals surface area (Å²) in [6, 6.07) is 14.8. The van der Waals surface area contributed by atoms with Crippen molar-refractivity contribution in [2.24, 2.45) is 5.92 Å². The molecule has 2 aromatic carbocycles. The monoisotopic (exact) mass is 403 g/mol. The number of benzene rings is 2. The molecule has 0 saturated carbocycles. The number of allylic oxidation sites excluding steroid dienone is 2. The Balaban J connectivity index is 1.57. The number of rotatable bonds is 6. The molecule has 0 bridgehead atoms. The highest BCUT2D eigenvalue weighted by molar-refractivity contribution is 5.95. The first-order chi connectivity index (χ1) is 14.4. The van der Waals surface area contributed by atoms with E-state index in [2.05, 4.69) is 60.9 Å². The lowest BCUT2D eigenvalue weighted by Crippen LogP contribution is -2.32. The van der Waals surface area contributed by atoms with Crippen LogP contribution in [0.1, 0.15) is 71.6 Å². The van der Waals surface area contributed by atoms with Crippen LogP contribution in [0.5, 0.6) is 0 Å². The van der Waals surface area contributed by atoms with Crippen molar-refractivity contribution in [1.82, 2.24) is 5.32 Å². The zero-order valence-corrected chi connectivity index (χ0v) is 17.4. The summed E-state index contributed by atoms with van der Waals surface area (Å²) >= 11 is 0. The molecule has 1 aliphatic carbocycles. The van der Waals surface area contributed by atoms with E-state index < -0.39 is 5.97 Å². The van der Waals surface area contributed by atoms with Crippen molar-refractivity contribution in [3.63, 3.8) is 0 Å². The molecule has 0 fully saturated rings. The van der Waals surface area contributed by atoms with Crippen molar-refractivity contribution in [1.29, 1.82) is 0 Å². The van der Waals surface area contributed by atoms with E-state index in [1.54, 1.807) is 6.07 Å². The first kappa shape index (κ1) is 20.2. The quantitative estimate of drug-likeness (QED) is 0.724. The first-order valence-corrected chi connectivity index (χ1v) is 10.6. The topological polar surface area (TPSA) is 81.3 Å². The van der Waals surface area contributed by atoms with Crippen LogP contribution in [0, 0.1) is 5.92 Å². The highest BCUT2D eigenvalue weighted by Gasteiger charge is 2.38. The average molecular weight is 404 g/mol. The fraction of sp³-hybridized carbons (Fsp3) is 0.360. The second-order valence-electron chi connectivity index (χ2n) is 8.48. The van der Waals surface area contributed by atoms with Crippen LogP contribution in [-0.4, -0.2) is 18.4 Å². The molecule has 156 valence electrons. The Hall–Kier alpha value is -3.08. The molecule has 0 radical (unpaired) electrons. The van der Waals surface area contributed by atoms with E-state index >= 15 is 0 Å². The minimum Gasteiger partial charge on any atom is -0.550 e. The smallest absolute Gasteiger partial charge is 0.251 e. The fourth-order valence-corrected chi connectivity index (χ4v) is 4.53. The number of fused-ring (bicyclic) bond motifs is 3. The van der Waals surface area contributed by atoms with E-state index in [9.17, 15) is 14.7 Å². The number of hydrogen-bond donors (Lipinski definition) is 2. The molecular formula is C25H27N2O3-. The summed E-state index contributed by atoms with van der Waals surface area (Å²) < 4.78 is 0. The summed E-state index contributed by atoms with van der Waals surface area (Å²) in [6.45, 7) is 4.47. The van der Waals surface area contributed by atoms with Crippen molar-refractivity contribution in [2.75, 3.05) is 11.9 Å². The van der Waals surface area contributed by atoms with Gasteiger partial charge in [0.2, 0.25) is 0 Å². The lowest BCUT2D eigenvalue weighted by molar-refractivity contribution is -0.305. The maximum absolute atomic E-state index is 12.4. The number of aliphatic carboxylic acids is 1. The number of carboxylic acids is 1. The van der Waals surface area contributed by atoms with Gasteiger partial charge < -0.3 is 20.5 Å². The van der Waals surface area contributed by atoms with E-state index in [1.807, 2.05) is 12.1 Å². The summed E-state index contributed by atoms with van der Waals surface area (Å²) in [4.78, 5) is 23.0. The molecule has 0 unspecified atom stereocenters. The molecule has 0 spiro atoms. The number of carbonyl (C=O) groups excluding carboxylic acids is 2. The summed E-state index contributed by atoms with van der Waals surface area (Å²) in [5.41, 5.74) is 5.34. The maximum Gasteiger partial charge on any atom is 0.251 e. The van der Waals surface area contributed by atoms with Crippen LogP contribution in [0.4, 0.5) is 5.69 Å². The van der Waals surface area contributed by atoms with Gasteiger partial charge in [-0.05, 0) is 53.1 Å². The number of nitrogens with one attached hydrogen (secondary N) is 2. The van der Waals surface area contributed by atoms with Gasteiger partial charge in [-0.1, -0.05) is 50.3 Å². The van der Waals surface area contributed by atoms with Gasteiger partial charge in [0, 0.05) is 36.1 Å². The first-order valence-electron chi connectivity index (χ1n) is 10.6. The minimum absolute atomic E-state index is 0.0664. The van der Waals surface area contributed by atoms with Crippen LogP contribution >= 0.6 is 0 Å². The minimum atomic E-state index is -1.17. The van der Waals surface area contributed by atoms with Crippen molar-refractivity contribution in [3.8, 4) is 0 Å². The summed E-state index contributed by atoms with van der Waals surface area (Å²) in [7, 11) is 0. The zero-order valence-electron chi connectivity index (χ0n) is 17.4. The molecule has 1 heterocycles. The predicted octanol–water partition coefficient (Wildman–Crippen LogP) is 3.51. The van der Waals surface area contributed by atoms with Gasteiger partial charge in [-0.3, -0.25) is 4.79 Å². The van der Waals surface area contributed by atoms with Crippen molar-refractivity contribution >= 4 is 17.6 Å². The van der Waals surface area contributed by atoms with Gasteiger partial charge in [-0.25, -0.2) is 0 Å². The Morgan fingerprint density at radius 2 is 1.93 bits per heavy atom. The largest absolute Gasteiger partial charge is 0.550 e. The van der Waals surface area contributed by atoms with E-state index in [0.29, 0.717) is 17.4 Å². The van der Waals surface area contributed by atoms with E-state index in [0.717, 1.165) is 17.7 Å². The number of hydrogen-bond acceptors (Lipinski definition) is 4. The highest BCUT2D eigenvalue weighted by atomic mass is 16.4. The van der Waals surface area contributed by atoms with Crippen LogP contribution < -0.4 is 15.7 Å². The molecule has 0 aromatic heterocycles. The second kappa shape index (κ2) is 8.34. The Labute approximate surface area is 177 Å². The normalized spacial score (nSPS) is 21.6. The molecule has 1 aliphatic heterocycles. The zero-order chi connectivity index (χ0) is 21.3. The number of amides is 1. The predicted molar refractivity (Wildman–Crippen MR) is 115 cm³/mol. The lowest BCUT2D eigenvalue weighted by Gasteiger charge is -2.37. The van der Waals surface area contributed by atoms with Gasteiger partial charge in [0.25, 0.3) is 5.91 Å². The third-order valence-electron chi connectivity index (χ3n) is 6.20. The van der Waals surface area contributed by atoms with Gasteiger partial charge in [-0.2, -0.15) is 0 Å². The Bertz CT molecular complexity index is 978. The van der Waals surface area contributed by atoms with Crippen LogP contribution in [0.25, 0.3) is 0 Å². The van der Waals surface area contributed by atoms with Gasteiger partial charge in [0.1, 0.15) is 0 Å². The lowest BCUT2D eigenvalue weighted by atomic mass is 9.76. The maximum atomic E-state index is 12.4. The molecule has 4 rings (SSSR count). The molecule has 2 N–H and O–H groups in total. The van der Waals surface area contributed by atoms with Crippen molar-refractivity contribution in [3.05, 3.63) is 76.9 Å². The Morgan fingerprint density at radius 1 is 1.17 bits per heavy atom. The van der Waals surface area contributed by atoms with E-state index in [-0.39, 0.29) is 30.8 Å². The molecule has 2 aromatic rings. The summed E-state index contributed by atoms with van der Waals surface area (Å²) in [5.74, 6) is -0.262. The molecule has 5 nitrogen and oxygen atoms in total. The standard InChI is InChI=1S/C25H28N2O3/c1-15(2)16-6-8-17(9-7-16)24-20-5-3-4-19(20)21-14-18(10-11-22(21)27-24)25(30)26-13-12-23(28)29/h3-4,6-11,14-15,19-20,24,27H,5,12-13H2,1-2H3,(H,26,30)(H,28,29)/p-1/t19-,20-,24-/m0/s1. The Morgan fingerprint density at radius 3 is 2.63 bits per heavy atom. The molecule has 1 amide bonds. The third-order valence-corrected chi connectivity index (χ3v) is 6.20. The van der Waals surface area contributed by atoms with Gasteiger partial charge >= 0.3 is 0 Å².